The predicted molar refractivity (Wildman–Crippen MR) is 214 cm³/mol. The fourth-order valence-electron chi connectivity index (χ4n) is 8.01. The largest absolute Gasteiger partial charge is 0.309 e. The highest BCUT2D eigenvalue weighted by molar-refractivity contribution is 7.27. The summed E-state index contributed by atoms with van der Waals surface area (Å²) in [6.45, 7) is 0. The number of benzene rings is 7. The maximum Gasteiger partial charge on any atom is 0.159 e. The van der Waals surface area contributed by atoms with Crippen LogP contribution in [0.2, 0.25) is 0 Å². The van der Waals surface area contributed by atoms with Crippen LogP contribution in [0.3, 0.4) is 0 Å². The molecule has 0 amide bonds. The number of thiophene rings is 1. The Bertz CT molecular complexity index is 3120. The van der Waals surface area contributed by atoms with Gasteiger partial charge >= 0.3 is 0 Å². The van der Waals surface area contributed by atoms with Crippen LogP contribution in [0, 0.1) is 0 Å². The number of hydrogen-bond acceptors (Lipinski definition) is 3. The fourth-order valence-corrected chi connectivity index (χ4v) is 9.27. The number of para-hydroxylation sites is 3. The van der Waals surface area contributed by atoms with Crippen molar-refractivity contribution < 1.29 is 0 Å². The molecule has 0 bridgehead atoms. The Kier molecular flexibility index (Phi) is 6.09. The molecule has 4 heterocycles. The van der Waals surface area contributed by atoms with Crippen molar-refractivity contribution in [3.8, 4) is 34.0 Å². The molecule has 0 aliphatic carbocycles. The van der Waals surface area contributed by atoms with Crippen molar-refractivity contribution in [2.75, 3.05) is 0 Å². The summed E-state index contributed by atoms with van der Waals surface area (Å²) in [6.07, 6.45) is 2.02. The molecule has 4 nitrogen and oxygen atoms in total. The van der Waals surface area contributed by atoms with Crippen molar-refractivity contribution in [2.24, 2.45) is 0 Å². The van der Waals surface area contributed by atoms with Crippen LogP contribution in [0.15, 0.2) is 170 Å². The molecule has 238 valence electrons. The molecule has 51 heavy (non-hydrogen) atoms. The van der Waals surface area contributed by atoms with Crippen LogP contribution < -0.4 is 0 Å². The minimum Gasteiger partial charge on any atom is -0.309 e. The molecule has 0 N–H and O–H groups in total. The van der Waals surface area contributed by atoms with Gasteiger partial charge in [-0.25, -0.2) is 9.97 Å². The molecule has 5 heteroatoms. The lowest BCUT2D eigenvalue weighted by molar-refractivity contribution is 1.09. The summed E-state index contributed by atoms with van der Waals surface area (Å²) in [5.74, 6) is 0.710. The van der Waals surface area contributed by atoms with Crippen molar-refractivity contribution in [3.63, 3.8) is 0 Å². The normalized spacial score (nSPS) is 11.9. The molecular weight excluding hydrogens is 641 g/mol. The van der Waals surface area contributed by atoms with Gasteiger partial charge in [0.05, 0.1) is 39.6 Å². The highest BCUT2D eigenvalue weighted by Gasteiger charge is 2.23. The summed E-state index contributed by atoms with van der Waals surface area (Å²) in [5, 5.41) is 7.51. The van der Waals surface area contributed by atoms with Crippen LogP contribution in [0.25, 0.3) is 97.8 Å². The minimum atomic E-state index is 0.710. The third-order valence-corrected chi connectivity index (χ3v) is 11.4. The summed E-state index contributed by atoms with van der Waals surface area (Å²) in [6, 6.07) is 58.2. The number of rotatable bonds is 4. The molecule has 0 spiro atoms. The first-order valence-electron chi connectivity index (χ1n) is 17.2. The SMILES string of the molecule is c1ccc(-c2ncc(-n3c4ccccc4c4ccc5sc6c(ccc7c6c6ccccc6n7-c6ccccc6)c5c43)c(-c3ccccc3)n2)cc1. The lowest BCUT2D eigenvalue weighted by Gasteiger charge is -2.15. The van der Waals surface area contributed by atoms with E-state index in [0.29, 0.717) is 5.82 Å². The van der Waals surface area contributed by atoms with Gasteiger partial charge in [0, 0.05) is 58.5 Å². The van der Waals surface area contributed by atoms with Gasteiger partial charge in [-0.1, -0.05) is 127 Å². The molecule has 0 aliphatic rings. The third kappa shape index (κ3) is 4.13. The van der Waals surface area contributed by atoms with Crippen molar-refractivity contribution in [1.82, 2.24) is 19.1 Å². The van der Waals surface area contributed by atoms with Gasteiger partial charge in [0.2, 0.25) is 0 Å². The summed E-state index contributed by atoms with van der Waals surface area (Å²) in [5.41, 5.74) is 9.81. The molecule has 11 aromatic rings. The van der Waals surface area contributed by atoms with Crippen LogP contribution in [0.4, 0.5) is 0 Å². The molecule has 0 saturated carbocycles. The van der Waals surface area contributed by atoms with E-state index in [4.69, 9.17) is 9.97 Å². The minimum absolute atomic E-state index is 0.710. The van der Waals surface area contributed by atoms with E-state index in [1.807, 2.05) is 35.7 Å². The molecule has 7 aromatic carbocycles. The van der Waals surface area contributed by atoms with Gasteiger partial charge in [-0.15, -0.1) is 11.3 Å². The van der Waals surface area contributed by atoms with E-state index in [9.17, 15) is 0 Å². The smallest absolute Gasteiger partial charge is 0.159 e. The second-order valence-electron chi connectivity index (χ2n) is 13.0. The molecule has 0 radical (unpaired) electrons. The Morgan fingerprint density at radius 1 is 0.451 bits per heavy atom. The van der Waals surface area contributed by atoms with E-state index in [2.05, 4.69) is 155 Å². The second-order valence-corrected chi connectivity index (χ2v) is 14.0. The molecule has 0 saturated heterocycles. The number of aromatic nitrogens is 4. The fraction of sp³-hybridized carbons (Fsp3) is 0. The molecule has 0 atom stereocenters. The topological polar surface area (TPSA) is 35.6 Å². The number of hydrogen-bond donors (Lipinski definition) is 0. The average Bonchev–Trinajstić information content (AvgIpc) is 3.86. The molecule has 11 rings (SSSR count). The maximum absolute atomic E-state index is 5.29. The first-order chi connectivity index (χ1) is 25.3. The number of fused-ring (bicyclic) bond motifs is 11. The van der Waals surface area contributed by atoms with Gasteiger partial charge in [0.15, 0.2) is 5.82 Å². The number of nitrogens with zero attached hydrogens (tertiary/aromatic N) is 4. The van der Waals surface area contributed by atoms with Gasteiger partial charge < -0.3 is 9.13 Å². The highest BCUT2D eigenvalue weighted by Crippen LogP contribution is 2.47. The zero-order valence-corrected chi connectivity index (χ0v) is 28.2. The lowest BCUT2D eigenvalue weighted by Crippen LogP contribution is -2.02. The summed E-state index contributed by atoms with van der Waals surface area (Å²) in [4.78, 5) is 10.3. The predicted octanol–water partition coefficient (Wildman–Crippen LogP) is 12.4. The van der Waals surface area contributed by atoms with E-state index in [-0.39, 0.29) is 0 Å². The van der Waals surface area contributed by atoms with Crippen LogP contribution in [0.5, 0.6) is 0 Å². The Balaban J connectivity index is 1.28. The second kappa shape index (κ2) is 11.0. The van der Waals surface area contributed by atoms with Crippen LogP contribution >= 0.6 is 11.3 Å². The molecule has 0 fully saturated rings. The standard InChI is InChI=1S/C46H28N4S/c1-4-14-29(15-5-1)43-39(28-47-46(48-43)30-16-6-2-7-17-30)50-36-22-12-10-20-32(36)33-25-27-40-42(44(33)50)35-24-26-38-41(45(35)51-40)34-21-11-13-23-37(34)49(38)31-18-8-3-9-19-31/h1-28H. The van der Waals surface area contributed by atoms with Crippen molar-refractivity contribution in [3.05, 3.63) is 170 Å². The molecular formula is C46H28N4S. The molecule has 0 aliphatic heterocycles. The monoisotopic (exact) mass is 668 g/mol. The van der Waals surface area contributed by atoms with Crippen molar-refractivity contribution in [2.45, 2.75) is 0 Å². The Morgan fingerprint density at radius 3 is 1.84 bits per heavy atom. The summed E-state index contributed by atoms with van der Waals surface area (Å²) >= 11 is 1.89. The van der Waals surface area contributed by atoms with E-state index >= 15 is 0 Å². The highest BCUT2D eigenvalue weighted by atomic mass is 32.1. The van der Waals surface area contributed by atoms with E-state index in [1.54, 1.807) is 0 Å². The first kappa shape index (κ1) is 28.3. The third-order valence-electron chi connectivity index (χ3n) is 10.2. The van der Waals surface area contributed by atoms with Gasteiger partial charge in [0.25, 0.3) is 0 Å². The van der Waals surface area contributed by atoms with Gasteiger partial charge in [-0.2, -0.15) is 0 Å². The summed E-state index contributed by atoms with van der Waals surface area (Å²) < 4.78 is 7.37. The quantitative estimate of drug-likeness (QED) is 0.187. The van der Waals surface area contributed by atoms with Gasteiger partial charge in [0.1, 0.15) is 0 Å². The summed E-state index contributed by atoms with van der Waals surface area (Å²) in [7, 11) is 0. The Labute approximate surface area is 297 Å². The zero-order chi connectivity index (χ0) is 33.5. The Hall–Kier alpha value is -6.56. The van der Waals surface area contributed by atoms with Crippen LogP contribution in [-0.4, -0.2) is 19.1 Å². The lowest BCUT2D eigenvalue weighted by atomic mass is 10.1. The molecule has 0 unspecified atom stereocenters. The maximum atomic E-state index is 5.29. The zero-order valence-electron chi connectivity index (χ0n) is 27.4. The van der Waals surface area contributed by atoms with Crippen molar-refractivity contribution in [1.29, 1.82) is 0 Å². The van der Waals surface area contributed by atoms with Gasteiger partial charge in [-0.05, 0) is 36.4 Å². The van der Waals surface area contributed by atoms with Gasteiger partial charge in [-0.3, -0.25) is 0 Å². The van der Waals surface area contributed by atoms with Crippen LogP contribution in [-0.2, 0) is 0 Å². The van der Waals surface area contributed by atoms with E-state index in [0.717, 1.165) is 28.0 Å². The van der Waals surface area contributed by atoms with E-state index < -0.39 is 0 Å². The Morgan fingerprint density at radius 2 is 1.08 bits per heavy atom. The van der Waals surface area contributed by atoms with E-state index in [1.165, 1.54) is 64.0 Å². The van der Waals surface area contributed by atoms with Crippen molar-refractivity contribution >= 4 is 75.1 Å². The first-order valence-corrected chi connectivity index (χ1v) is 18.0. The molecule has 4 aromatic heterocycles. The van der Waals surface area contributed by atoms with Crippen LogP contribution in [0.1, 0.15) is 0 Å². The average molecular weight is 669 g/mol.